The lowest BCUT2D eigenvalue weighted by molar-refractivity contribution is 0.106. The molecule has 7 aromatic rings. The fourth-order valence-corrected chi connectivity index (χ4v) is 9.59. The molecule has 1 heterocycles. The number of phenolic OH excluding ortho intramolecular Hbond substituents is 1. The van der Waals surface area contributed by atoms with Crippen LogP contribution in [0.5, 0.6) is 17.2 Å². The van der Waals surface area contributed by atoms with Crippen molar-refractivity contribution in [3.05, 3.63) is 125 Å². The van der Waals surface area contributed by atoms with Gasteiger partial charge in [0.2, 0.25) is 17.7 Å². The molecule has 6 aromatic carbocycles. The first-order valence-electron chi connectivity index (χ1n) is 20.4. The van der Waals surface area contributed by atoms with Crippen LogP contribution in [0.1, 0.15) is 21.5 Å². The average molecular weight is 1070 g/mol. The van der Waals surface area contributed by atoms with Gasteiger partial charge in [0.25, 0.3) is 40.5 Å². The molecule has 1 aliphatic carbocycles. The first-order valence-corrected chi connectivity index (χ1v) is 26.2. The Morgan fingerprint density at radius 2 is 1.29 bits per heavy atom. The standard InChI is InChI=1S/C44H35N9O16S4/c1-22-15-31(36(69-3)21-30(22)50-52-33-20-27(71(59,60)61)18-29-37(72(62,63)64)14-12-34(54)39(29)33)46-44-48-42(47-43(49-44)45-25-7-5-4-6-8-25)23-9-11-28-24(16-23)17-38(73(65,66)67)40(41(28)55)53-51-32-19-26(70(56,57)58)10-13-35(32)68-2/h4-21,51,54H,1-3H3,(H,56,57,58)(H,59,60,61)(H,62,63,64)(H,65,66,67)(H2,45,46,47,48,49)/b52-50?,53-40+. The minimum Gasteiger partial charge on any atom is -0.507 e. The van der Waals surface area contributed by atoms with E-state index in [9.17, 15) is 61.8 Å². The number of anilines is 5. The van der Waals surface area contributed by atoms with E-state index in [1.54, 1.807) is 43.3 Å². The number of hydrogen-bond acceptors (Lipinski definition) is 21. The number of benzene rings is 6. The van der Waals surface area contributed by atoms with E-state index >= 15 is 0 Å². The molecule has 0 radical (unpaired) electrons. The number of rotatable bonds is 15. The van der Waals surface area contributed by atoms with Crippen LogP contribution < -0.4 is 25.5 Å². The first kappa shape index (κ1) is 51.1. The highest BCUT2D eigenvalue weighted by atomic mass is 32.2. The molecule has 0 saturated carbocycles. The van der Waals surface area contributed by atoms with Gasteiger partial charge in [-0.05, 0) is 96.9 Å². The summed E-state index contributed by atoms with van der Waals surface area (Å²) in [7, 11) is -17.3. The molecule has 0 aliphatic heterocycles. The topological polar surface area (TPSA) is 385 Å². The van der Waals surface area contributed by atoms with Gasteiger partial charge in [-0.25, -0.2) is 0 Å². The molecule has 8 rings (SSSR count). The lowest BCUT2D eigenvalue weighted by Gasteiger charge is -2.18. The number of aryl methyl sites for hydroxylation is 1. The summed E-state index contributed by atoms with van der Waals surface area (Å²) in [5.74, 6) is -1.56. The van der Waals surface area contributed by atoms with Crippen LogP contribution in [0.2, 0.25) is 0 Å². The van der Waals surface area contributed by atoms with Crippen molar-refractivity contribution >= 4 is 109 Å². The fourth-order valence-electron chi connectivity index (χ4n) is 7.22. The van der Waals surface area contributed by atoms with E-state index in [1.165, 1.54) is 44.6 Å². The van der Waals surface area contributed by atoms with E-state index in [4.69, 9.17) is 9.47 Å². The number of hydrazone groups is 1. The van der Waals surface area contributed by atoms with Gasteiger partial charge in [0.05, 0.1) is 52.1 Å². The predicted molar refractivity (Wildman–Crippen MR) is 263 cm³/mol. The van der Waals surface area contributed by atoms with Gasteiger partial charge in [0, 0.05) is 28.3 Å². The SMILES string of the molecule is COc1ccc(S(=O)(=O)O)cc1N/N=C1/C(=O)c2ccc(-c3nc(Nc4ccccc4)nc(Nc4cc(C)c(N=Nc5cc(S(=O)(=O)O)cc6c(S(=O)(=O)O)ccc(O)c56)cc4OC)n3)cc2C=C1S(=O)(=O)O. The lowest BCUT2D eigenvalue weighted by atomic mass is 9.93. The maximum absolute atomic E-state index is 13.9. The van der Waals surface area contributed by atoms with Crippen molar-refractivity contribution in [1.29, 1.82) is 0 Å². The Hall–Kier alpha value is -8.29. The second kappa shape index (κ2) is 19.4. The molecule has 0 fully saturated rings. The summed E-state index contributed by atoms with van der Waals surface area (Å²) in [4.78, 5) is 24.5. The van der Waals surface area contributed by atoms with Crippen molar-refractivity contribution < 1.29 is 71.3 Å². The average Bonchev–Trinajstić information content (AvgIpc) is 3.32. The van der Waals surface area contributed by atoms with E-state index in [0.717, 1.165) is 42.5 Å². The largest absolute Gasteiger partial charge is 0.507 e. The van der Waals surface area contributed by atoms with E-state index in [-0.39, 0.29) is 68.4 Å². The molecule has 73 heavy (non-hydrogen) atoms. The second-order valence-corrected chi connectivity index (χ2v) is 21.0. The number of hydrogen-bond donors (Lipinski definition) is 8. The summed E-state index contributed by atoms with van der Waals surface area (Å²) in [5.41, 5.74) is 2.42. The zero-order valence-corrected chi connectivity index (χ0v) is 40.7. The van der Waals surface area contributed by atoms with Crippen molar-refractivity contribution in [2.75, 3.05) is 30.3 Å². The Labute approximate surface area is 414 Å². The smallest absolute Gasteiger partial charge is 0.296 e. The number of nitrogens with one attached hydrogen (secondary N) is 3. The van der Waals surface area contributed by atoms with Gasteiger partial charge >= 0.3 is 0 Å². The van der Waals surface area contributed by atoms with Crippen molar-refractivity contribution in [3.63, 3.8) is 0 Å². The number of aromatic nitrogens is 3. The third-order valence-corrected chi connectivity index (χ3v) is 14.1. The normalized spacial score (nSPS) is 13.7. The van der Waals surface area contributed by atoms with Crippen LogP contribution >= 0.6 is 0 Å². The number of Topliss-reactive ketones (excluding diaryl/α,β-unsaturated/α-hetero) is 1. The van der Waals surface area contributed by atoms with E-state index < -0.39 is 88.4 Å². The molecule has 8 N–H and O–H groups in total. The first-order chi connectivity index (χ1) is 34.3. The van der Waals surface area contributed by atoms with Crippen LogP contribution in [0.15, 0.2) is 138 Å². The Bertz CT molecular complexity index is 4030. The van der Waals surface area contributed by atoms with E-state index in [1.807, 2.05) is 0 Å². The fraction of sp³-hybridized carbons (Fsp3) is 0.0682. The van der Waals surface area contributed by atoms with Crippen LogP contribution in [0.3, 0.4) is 0 Å². The summed E-state index contributed by atoms with van der Waals surface area (Å²) in [6.45, 7) is 1.61. The van der Waals surface area contributed by atoms with Crippen LogP contribution in [0, 0.1) is 6.92 Å². The highest BCUT2D eigenvalue weighted by molar-refractivity contribution is 7.91. The van der Waals surface area contributed by atoms with E-state index in [2.05, 4.69) is 46.3 Å². The molecule has 0 saturated heterocycles. The van der Waals surface area contributed by atoms with Gasteiger partial charge in [-0.1, -0.05) is 24.3 Å². The number of allylic oxidation sites excluding steroid dienone is 1. The van der Waals surface area contributed by atoms with Crippen molar-refractivity contribution in [1.82, 2.24) is 15.0 Å². The zero-order valence-electron chi connectivity index (χ0n) is 37.4. The molecule has 376 valence electrons. The molecule has 29 heteroatoms. The van der Waals surface area contributed by atoms with Gasteiger partial charge in [-0.2, -0.15) is 58.8 Å². The summed E-state index contributed by atoms with van der Waals surface area (Å²) in [6.07, 6.45) is 0.977. The quantitative estimate of drug-likeness (QED) is 0.0284. The number of ketones is 1. The molecule has 1 aliphatic rings. The number of aromatic hydroxyl groups is 1. The van der Waals surface area contributed by atoms with Gasteiger partial charge in [0.15, 0.2) is 11.5 Å². The Balaban J connectivity index is 1.17. The Morgan fingerprint density at radius 3 is 1.93 bits per heavy atom. The summed E-state index contributed by atoms with van der Waals surface area (Å²) >= 11 is 0. The molecular formula is C44H35N9O16S4. The summed E-state index contributed by atoms with van der Waals surface area (Å²) in [5, 5.41) is 28.3. The minimum atomic E-state index is -5.17. The molecule has 0 spiro atoms. The highest BCUT2D eigenvalue weighted by Crippen LogP contribution is 2.42. The maximum Gasteiger partial charge on any atom is 0.296 e. The third kappa shape index (κ3) is 11.0. The highest BCUT2D eigenvalue weighted by Gasteiger charge is 2.34. The summed E-state index contributed by atoms with van der Waals surface area (Å²) < 4.78 is 148. The predicted octanol–water partition coefficient (Wildman–Crippen LogP) is 7.26. The van der Waals surface area contributed by atoms with Crippen LogP contribution in [0.4, 0.5) is 40.3 Å². The van der Waals surface area contributed by atoms with Crippen molar-refractivity contribution in [2.45, 2.75) is 21.6 Å². The zero-order chi connectivity index (χ0) is 52.8. The number of phenols is 1. The minimum absolute atomic E-state index is 0.00322. The number of para-hydroxylation sites is 1. The van der Waals surface area contributed by atoms with Gasteiger partial charge in [-0.15, -0.1) is 5.11 Å². The number of fused-ring (bicyclic) bond motifs is 2. The molecule has 1 aromatic heterocycles. The van der Waals surface area contributed by atoms with Gasteiger partial charge in [0.1, 0.15) is 27.0 Å². The van der Waals surface area contributed by atoms with Crippen LogP contribution in [-0.4, -0.2) is 97.7 Å². The monoisotopic (exact) mass is 1070 g/mol. The number of ether oxygens (including phenoxy) is 2. The molecular weight excluding hydrogens is 1040 g/mol. The van der Waals surface area contributed by atoms with E-state index in [0.29, 0.717) is 11.3 Å². The maximum atomic E-state index is 13.9. The number of methoxy groups -OCH3 is 2. The van der Waals surface area contributed by atoms with Crippen molar-refractivity contribution in [2.24, 2.45) is 15.3 Å². The van der Waals surface area contributed by atoms with Gasteiger partial charge in [-0.3, -0.25) is 28.4 Å². The summed E-state index contributed by atoms with van der Waals surface area (Å²) in [6, 6.07) is 22.3. The van der Waals surface area contributed by atoms with Crippen LogP contribution in [-0.2, 0) is 40.5 Å². The van der Waals surface area contributed by atoms with Crippen LogP contribution in [0.25, 0.3) is 28.2 Å². The lowest BCUT2D eigenvalue weighted by Crippen LogP contribution is -2.27. The number of carbonyl (C=O) groups is 1. The van der Waals surface area contributed by atoms with Gasteiger partial charge < -0.3 is 25.2 Å². The molecule has 25 nitrogen and oxygen atoms in total. The van der Waals surface area contributed by atoms with Crippen molar-refractivity contribution in [3.8, 4) is 28.6 Å². The molecule has 0 bridgehead atoms. The number of carbonyl (C=O) groups excluding carboxylic acids is 1. The second-order valence-electron chi connectivity index (χ2n) is 15.4. The molecule has 0 unspecified atom stereocenters. The molecule has 0 amide bonds. The Morgan fingerprint density at radius 1 is 0.616 bits per heavy atom. The number of azo groups is 1. The third-order valence-electron chi connectivity index (χ3n) is 10.6. The molecule has 0 atom stereocenters. The Kier molecular flexibility index (Phi) is 13.6. The number of nitrogens with zero attached hydrogens (tertiary/aromatic N) is 6.